The first-order chi connectivity index (χ1) is 18.9. The van der Waals surface area contributed by atoms with Crippen LogP contribution in [0.25, 0.3) is 21.8 Å². The summed E-state index contributed by atoms with van der Waals surface area (Å²) >= 11 is 0. The quantitative estimate of drug-likeness (QED) is 0.174. The highest BCUT2D eigenvalue weighted by Crippen LogP contribution is 2.35. The Labute approximate surface area is 221 Å². The van der Waals surface area contributed by atoms with Crippen molar-refractivity contribution in [3.8, 4) is 17.6 Å². The fourth-order valence-electron chi connectivity index (χ4n) is 4.10. The zero-order chi connectivity index (χ0) is 27.9. The molecule has 2 aromatic heterocycles. The number of nitrogens with zero attached hydrogens (tertiary/aromatic N) is 3. The Bertz CT molecular complexity index is 1590. The summed E-state index contributed by atoms with van der Waals surface area (Å²) in [6.07, 6.45) is 2.36. The molecule has 0 fully saturated rings. The zero-order valence-corrected chi connectivity index (χ0v) is 20.9. The Morgan fingerprint density at radius 1 is 1.13 bits per heavy atom. The number of nitriles is 1. The SMILES string of the molecule is COc1cc(COC(=O)N[C@@H](Cc2cnc3c2ccc2[nH]cccc23)C(=O)OCC#N)c([N+](=O)[O-])cc1OC. The summed E-state index contributed by atoms with van der Waals surface area (Å²) in [5.74, 6) is -0.506. The standard InChI is InChI=1S/C26H23N5O8/c1-36-22-11-16(21(31(34)35)12-23(22)37-2)14-39-26(33)30-20(25(32)38-9-7-27)10-15-13-29-24-17(15)5-6-19-18(24)4-3-8-28-19/h3-6,8,11-13,20,28H,9-10,14H2,1-2H3,(H,30,33)/t20-/m0/s1. The number of fused-ring (bicyclic) bond motifs is 3. The predicted octanol–water partition coefficient (Wildman–Crippen LogP) is 3.55. The number of H-pyrrole nitrogens is 1. The average Bonchev–Trinajstić information content (AvgIpc) is 3.36. The topological polar surface area (TPSA) is 179 Å². The van der Waals surface area contributed by atoms with Gasteiger partial charge in [-0.15, -0.1) is 0 Å². The number of hydrogen-bond acceptors (Lipinski definition) is 10. The molecule has 1 atom stereocenters. The summed E-state index contributed by atoms with van der Waals surface area (Å²) in [6, 6.07) is 10.5. The molecule has 4 rings (SSSR count). The number of nitro benzene ring substituents is 1. The minimum atomic E-state index is -1.23. The predicted molar refractivity (Wildman–Crippen MR) is 137 cm³/mol. The molecular formula is C26H23N5O8. The van der Waals surface area contributed by atoms with Crippen LogP contribution in [0.15, 0.2) is 48.8 Å². The molecule has 0 aliphatic heterocycles. The van der Waals surface area contributed by atoms with Gasteiger partial charge in [-0.05, 0) is 29.8 Å². The number of hydrogen-bond donors (Lipinski definition) is 2. The van der Waals surface area contributed by atoms with E-state index in [-0.39, 0.29) is 29.2 Å². The third kappa shape index (κ3) is 5.80. The number of ether oxygens (including phenoxy) is 4. The summed E-state index contributed by atoms with van der Waals surface area (Å²) in [5, 5.41) is 24.4. The van der Waals surface area contributed by atoms with Crippen LogP contribution in [0, 0.1) is 21.4 Å². The van der Waals surface area contributed by atoms with E-state index in [0.717, 1.165) is 22.4 Å². The minimum absolute atomic E-state index is 0.00553. The van der Waals surface area contributed by atoms with E-state index in [2.05, 4.69) is 15.3 Å². The van der Waals surface area contributed by atoms with Crippen molar-refractivity contribution < 1.29 is 33.5 Å². The van der Waals surface area contributed by atoms with E-state index >= 15 is 0 Å². The second-order valence-electron chi connectivity index (χ2n) is 8.21. The highest BCUT2D eigenvalue weighted by atomic mass is 16.6. The molecule has 13 heteroatoms. The summed E-state index contributed by atoms with van der Waals surface area (Å²) in [5.41, 5.74) is 1.96. The van der Waals surface area contributed by atoms with E-state index in [9.17, 15) is 19.7 Å². The number of aromatic amines is 1. The van der Waals surface area contributed by atoms with Gasteiger partial charge < -0.3 is 29.2 Å². The molecular weight excluding hydrogens is 510 g/mol. The number of carbonyl (C=O) groups is 2. The first-order valence-electron chi connectivity index (χ1n) is 11.6. The van der Waals surface area contributed by atoms with E-state index in [4.69, 9.17) is 24.2 Å². The molecule has 0 radical (unpaired) electrons. The van der Waals surface area contributed by atoms with Crippen LogP contribution in [0.4, 0.5) is 10.5 Å². The molecule has 13 nitrogen and oxygen atoms in total. The Morgan fingerprint density at radius 3 is 2.62 bits per heavy atom. The number of amides is 1. The first-order valence-corrected chi connectivity index (χ1v) is 11.6. The highest BCUT2D eigenvalue weighted by molar-refractivity contribution is 6.05. The fraction of sp³-hybridized carbons (Fsp3) is 0.231. The number of benzene rings is 2. The van der Waals surface area contributed by atoms with E-state index in [1.807, 2.05) is 24.3 Å². The van der Waals surface area contributed by atoms with Gasteiger partial charge in [0, 0.05) is 35.1 Å². The molecule has 0 saturated carbocycles. The van der Waals surface area contributed by atoms with Crippen molar-refractivity contribution in [1.82, 2.24) is 15.3 Å². The lowest BCUT2D eigenvalue weighted by Gasteiger charge is -2.17. The van der Waals surface area contributed by atoms with E-state index in [1.165, 1.54) is 20.3 Å². The molecule has 200 valence electrons. The third-order valence-corrected chi connectivity index (χ3v) is 5.93. The minimum Gasteiger partial charge on any atom is -0.493 e. The van der Waals surface area contributed by atoms with Crippen LogP contribution in [0.3, 0.4) is 0 Å². The molecule has 0 spiro atoms. The third-order valence-electron chi connectivity index (χ3n) is 5.93. The molecule has 0 aliphatic carbocycles. The average molecular weight is 533 g/mol. The van der Waals surface area contributed by atoms with E-state index < -0.39 is 36.2 Å². The number of methoxy groups -OCH3 is 2. The van der Waals surface area contributed by atoms with Gasteiger partial charge >= 0.3 is 12.1 Å². The molecule has 39 heavy (non-hydrogen) atoms. The maximum absolute atomic E-state index is 12.7. The monoisotopic (exact) mass is 533 g/mol. The van der Waals surface area contributed by atoms with Crippen molar-refractivity contribution in [3.63, 3.8) is 0 Å². The van der Waals surface area contributed by atoms with Gasteiger partial charge in [0.1, 0.15) is 18.7 Å². The Hall–Kier alpha value is -5.38. The smallest absolute Gasteiger partial charge is 0.408 e. The fourth-order valence-corrected chi connectivity index (χ4v) is 4.10. The van der Waals surface area contributed by atoms with Gasteiger partial charge in [-0.2, -0.15) is 5.26 Å². The lowest BCUT2D eigenvalue weighted by atomic mass is 10.0. The number of nitrogens with one attached hydrogen (secondary N) is 2. The molecule has 0 aliphatic rings. The van der Waals surface area contributed by atoms with Crippen molar-refractivity contribution in [1.29, 1.82) is 5.26 Å². The Balaban J connectivity index is 1.54. The van der Waals surface area contributed by atoms with Gasteiger partial charge in [-0.1, -0.05) is 6.07 Å². The van der Waals surface area contributed by atoms with Gasteiger partial charge in [0.15, 0.2) is 18.1 Å². The molecule has 0 saturated heterocycles. The molecule has 2 aromatic carbocycles. The molecule has 0 unspecified atom stereocenters. The van der Waals surface area contributed by atoms with Crippen LogP contribution in [0.1, 0.15) is 11.1 Å². The maximum Gasteiger partial charge on any atom is 0.408 e. The van der Waals surface area contributed by atoms with Gasteiger partial charge in [-0.3, -0.25) is 15.1 Å². The number of aromatic nitrogens is 2. The van der Waals surface area contributed by atoms with Crippen LogP contribution in [-0.2, 0) is 27.3 Å². The number of pyridine rings is 1. The van der Waals surface area contributed by atoms with E-state index in [1.54, 1.807) is 18.5 Å². The number of nitro groups is 1. The summed E-state index contributed by atoms with van der Waals surface area (Å²) in [6.45, 7) is -1.00. The highest BCUT2D eigenvalue weighted by Gasteiger charge is 2.26. The second-order valence-corrected chi connectivity index (χ2v) is 8.21. The Kier molecular flexibility index (Phi) is 8.06. The van der Waals surface area contributed by atoms with Crippen LogP contribution in [0.5, 0.6) is 11.5 Å². The van der Waals surface area contributed by atoms with E-state index in [0.29, 0.717) is 11.1 Å². The number of esters is 1. The van der Waals surface area contributed by atoms with Crippen molar-refractivity contribution in [2.24, 2.45) is 0 Å². The molecule has 2 N–H and O–H groups in total. The van der Waals surface area contributed by atoms with Crippen LogP contribution in [0.2, 0.25) is 0 Å². The zero-order valence-electron chi connectivity index (χ0n) is 20.9. The van der Waals surface area contributed by atoms with Crippen molar-refractivity contribution in [2.75, 3.05) is 20.8 Å². The molecule has 0 bridgehead atoms. The second kappa shape index (κ2) is 11.8. The van der Waals surface area contributed by atoms with Gasteiger partial charge in [0.05, 0.1) is 36.3 Å². The number of carbonyl (C=O) groups excluding carboxylic acids is 2. The molecule has 2 heterocycles. The van der Waals surface area contributed by atoms with Gasteiger partial charge in [-0.25, -0.2) is 9.59 Å². The summed E-state index contributed by atoms with van der Waals surface area (Å²) < 4.78 is 20.4. The number of rotatable bonds is 10. The largest absolute Gasteiger partial charge is 0.493 e. The molecule has 4 aromatic rings. The molecule has 1 amide bonds. The number of alkyl carbamates (subject to hydrolysis) is 1. The van der Waals surface area contributed by atoms with Crippen molar-refractivity contribution >= 4 is 39.6 Å². The summed E-state index contributed by atoms with van der Waals surface area (Å²) in [7, 11) is 2.70. The lowest BCUT2D eigenvalue weighted by molar-refractivity contribution is -0.385. The van der Waals surface area contributed by atoms with Crippen molar-refractivity contribution in [2.45, 2.75) is 19.1 Å². The van der Waals surface area contributed by atoms with Gasteiger partial charge in [0.25, 0.3) is 5.69 Å². The van der Waals surface area contributed by atoms with Crippen molar-refractivity contribution in [3.05, 3.63) is 70.0 Å². The maximum atomic E-state index is 12.7. The summed E-state index contributed by atoms with van der Waals surface area (Å²) in [4.78, 5) is 43.9. The van der Waals surface area contributed by atoms with Crippen LogP contribution < -0.4 is 14.8 Å². The van der Waals surface area contributed by atoms with Crippen LogP contribution in [-0.4, -0.2) is 53.8 Å². The van der Waals surface area contributed by atoms with Crippen LogP contribution >= 0.6 is 0 Å². The lowest BCUT2D eigenvalue weighted by Crippen LogP contribution is -2.43. The normalized spacial score (nSPS) is 11.4. The Morgan fingerprint density at radius 2 is 1.90 bits per heavy atom. The van der Waals surface area contributed by atoms with Gasteiger partial charge in [0.2, 0.25) is 0 Å². The first kappa shape index (κ1) is 26.7.